The molecule has 0 aromatic heterocycles. The number of sulfone groups is 2. The van der Waals surface area contributed by atoms with Crippen LogP contribution in [0, 0.1) is 29.4 Å². The number of quaternary nitrogens is 2. The molecule has 0 fully saturated rings. The standard InChI is InChI=1S/C31H48N4O4S3.C25H48N4O4S2.CH4/c1-10-18-33-27(36)30(4,23-29(2,3)32-6)24-31(5,41-26(40)25-16-12-11-13-17-25)28(37)34-19-14-20-35(7,8)21-15-22-42(9,38)39;1-23(2,19-25(5,20-24(3,4)26-6)22(31)28-14-11-17-34)21(30)27-13-10-15-29(7,8)16-12-18-35(9,32)33;/h10-13,16-17H,1,14-15,18-24H2,2-5,7-9H3,(H-,33,34,36,37);10-20H2,1-5,7-9H3,(H2-,27,28,30,31,34);1H4/p+2. The van der Waals surface area contributed by atoms with Crippen LogP contribution in [0.25, 0.3) is 9.69 Å². The highest BCUT2D eigenvalue weighted by atomic mass is 32.2. The minimum atomic E-state index is -3.00. The van der Waals surface area contributed by atoms with Crippen LogP contribution in [0.5, 0.6) is 0 Å². The third kappa shape index (κ3) is 31.4. The topological polar surface area (TPSA) is 193 Å². The maximum absolute atomic E-state index is 13.9. The van der Waals surface area contributed by atoms with Gasteiger partial charge in [-0.3, -0.25) is 19.2 Å². The van der Waals surface area contributed by atoms with Crippen LogP contribution in [0.2, 0.25) is 0 Å². The summed E-state index contributed by atoms with van der Waals surface area (Å²) in [5.74, 6) is 0.302. The van der Waals surface area contributed by atoms with Crippen molar-refractivity contribution < 1.29 is 45.0 Å². The number of nitrogens with one attached hydrogen (secondary N) is 4. The molecule has 0 aliphatic carbocycles. The summed E-state index contributed by atoms with van der Waals surface area (Å²) >= 11 is 11.2. The zero-order chi connectivity index (χ0) is 59.8. The SMILES string of the molecule is C.[C-]#[N+]C(C)(C)CC(C)(CC(C)(C)C(=O)NCCC[N+](C)(C)CCCS(C)(=O)=O)C(=O)NCCCS.[C-]#[N+]C(C)(C)CC(C)(CC(C)(SC(=S)c1ccccc1)C(=O)NCCC[N+](C)(C)CCCS(C)(=O)=O)C(=O)NCC=C. The molecule has 0 heterocycles. The summed E-state index contributed by atoms with van der Waals surface area (Å²) in [5, 5.41) is 12.0. The van der Waals surface area contributed by atoms with Gasteiger partial charge in [-0.15, -0.1) is 6.58 Å². The van der Waals surface area contributed by atoms with Gasteiger partial charge in [0.25, 0.3) is 0 Å². The molecule has 1 aromatic rings. The van der Waals surface area contributed by atoms with Crippen molar-refractivity contribution in [1.82, 2.24) is 21.3 Å². The highest BCUT2D eigenvalue weighted by Crippen LogP contribution is 2.45. The van der Waals surface area contributed by atoms with E-state index < -0.39 is 51.7 Å². The molecular weight excluding hydrogens is 1090 g/mol. The summed E-state index contributed by atoms with van der Waals surface area (Å²) in [6.07, 6.45) is 8.61. The predicted octanol–water partition coefficient (Wildman–Crippen LogP) is 8.24. The third-order valence-electron chi connectivity index (χ3n) is 13.4. The molecule has 21 heteroatoms. The van der Waals surface area contributed by atoms with Crippen molar-refractivity contribution in [1.29, 1.82) is 0 Å². The number of thioether (sulfide) groups is 1. The molecule has 16 nitrogen and oxygen atoms in total. The number of thiol groups is 1. The van der Waals surface area contributed by atoms with Gasteiger partial charge in [-0.25, -0.2) is 30.0 Å². The average molecular weight is 1190 g/mol. The van der Waals surface area contributed by atoms with Gasteiger partial charge >= 0.3 is 0 Å². The molecule has 1 aromatic carbocycles. The molecule has 0 saturated carbocycles. The van der Waals surface area contributed by atoms with Crippen LogP contribution < -0.4 is 21.3 Å². The van der Waals surface area contributed by atoms with Crippen LogP contribution in [0.4, 0.5) is 0 Å². The number of benzene rings is 1. The Kier molecular flexibility index (Phi) is 32.7. The number of carbonyl (C=O) groups excluding carboxylic acids is 4. The van der Waals surface area contributed by atoms with Crippen molar-refractivity contribution in [2.75, 3.05) is 110 Å². The number of rotatable bonds is 35. The fourth-order valence-corrected chi connectivity index (χ4v) is 13.1. The van der Waals surface area contributed by atoms with Crippen LogP contribution in [0.15, 0.2) is 43.0 Å². The molecule has 78 heavy (non-hydrogen) atoms. The van der Waals surface area contributed by atoms with Crippen LogP contribution >= 0.6 is 36.6 Å². The van der Waals surface area contributed by atoms with Gasteiger partial charge in [0, 0.05) is 110 Å². The Morgan fingerprint density at radius 2 is 1.01 bits per heavy atom. The van der Waals surface area contributed by atoms with Gasteiger partial charge in [0.2, 0.25) is 34.7 Å². The lowest BCUT2D eigenvalue weighted by atomic mass is 9.67. The van der Waals surface area contributed by atoms with E-state index >= 15 is 0 Å². The first-order valence-electron chi connectivity index (χ1n) is 26.5. The number of hydrogen-bond acceptors (Lipinski definition) is 11. The lowest BCUT2D eigenvalue weighted by Gasteiger charge is -2.38. The number of amides is 4. The van der Waals surface area contributed by atoms with Gasteiger partial charge in [0.15, 0.2) is 0 Å². The largest absolute Gasteiger partial charge is 0.356 e. The van der Waals surface area contributed by atoms with E-state index in [1.165, 1.54) is 24.3 Å². The summed E-state index contributed by atoms with van der Waals surface area (Å²) in [5.41, 5.74) is -3.42. The first kappa shape index (κ1) is 76.5. The highest BCUT2D eigenvalue weighted by molar-refractivity contribution is 8.25. The molecule has 4 N–H and O–H groups in total. The highest BCUT2D eigenvalue weighted by Gasteiger charge is 2.50. The summed E-state index contributed by atoms with van der Waals surface area (Å²) in [6.45, 7) is 40.1. The maximum Gasteiger partial charge on any atom is 0.236 e. The van der Waals surface area contributed by atoms with Crippen molar-refractivity contribution in [3.8, 4) is 0 Å². The molecule has 0 saturated heterocycles. The Labute approximate surface area is 488 Å². The first-order chi connectivity index (χ1) is 35.1. The second-order valence-electron chi connectivity index (χ2n) is 24.8. The van der Waals surface area contributed by atoms with Crippen LogP contribution in [0.1, 0.15) is 133 Å². The van der Waals surface area contributed by atoms with Crippen LogP contribution in [-0.2, 0) is 38.9 Å². The molecular formula is C57H102N8O8S5+2. The van der Waals surface area contributed by atoms with Gasteiger partial charge in [0.05, 0.1) is 85.6 Å². The van der Waals surface area contributed by atoms with Gasteiger partial charge in [-0.1, -0.05) is 95.5 Å². The van der Waals surface area contributed by atoms with Gasteiger partial charge in [-0.2, -0.15) is 12.6 Å². The molecule has 3 atom stereocenters. The molecule has 446 valence electrons. The summed E-state index contributed by atoms with van der Waals surface area (Å²) in [7, 11) is 2.27. The Morgan fingerprint density at radius 3 is 1.42 bits per heavy atom. The maximum atomic E-state index is 13.9. The fourth-order valence-electron chi connectivity index (χ4n) is 9.69. The van der Waals surface area contributed by atoms with Crippen molar-refractivity contribution in [2.24, 2.45) is 16.2 Å². The Bertz CT molecular complexity index is 2420. The van der Waals surface area contributed by atoms with E-state index in [-0.39, 0.29) is 61.9 Å². The molecule has 4 amide bonds. The molecule has 0 aliphatic heterocycles. The summed E-state index contributed by atoms with van der Waals surface area (Å²) in [4.78, 5) is 61.1. The van der Waals surface area contributed by atoms with E-state index in [0.29, 0.717) is 70.7 Å². The number of hydrogen-bond donors (Lipinski definition) is 5. The zero-order valence-corrected chi connectivity index (χ0v) is 53.6. The van der Waals surface area contributed by atoms with E-state index in [4.69, 9.17) is 25.4 Å². The molecule has 0 radical (unpaired) electrons. The Balaban J connectivity index is 0. The van der Waals surface area contributed by atoms with Crippen molar-refractivity contribution >= 4 is 84.1 Å². The van der Waals surface area contributed by atoms with Gasteiger partial charge < -0.3 is 39.9 Å². The monoisotopic (exact) mass is 1190 g/mol. The van der Waals surface area contributed by atoms with Crippen LogP contribution in [0.3, 0.4) is 0 Å². The van der Waals surface area contributed by atoms with Crippen LogP contribution in [-0.4, -0.2) is 180 Å². The van der Waals surface area contributed by atoms with Crippen molar-refractivity contribution in [3.05, 3.63) is 71.4 Å². The first-order valence-corrected chi connectivity index (χ1v) is 32.5. The predicted molar refractivity (Wildman–Crippen MR) is 333 cm³/mol. The third-order valence-corrected chi connectivity index (χ3v) is 17.4. The zero-order valence-electron chi connectivity index (χ0n) is 49.4. The molecule has 0 bridgehead atoms. The average Bonchev–Trinajstić information content (AvgIpc) is 3.29. The Morgan fingerprint density at radius 1 is 0.628 bits per heavy atom. The van der Waals surface area contributed by atoms with Gasteiger partial charge in [-0.05, 0) is 37.5 Å². The number of thiocarbonyl (C=S) groups is 1. The number of nitrogens with zero attached hydrogens (tertiary/aromatic N) is 4. The summed E-state index contributed by atoms with van der Waals surface area (Å²) < 4.78 is 46.5. The van der Waals surface area contributed by atoms with E-state index in [2.05, 4.69) is 78.4 Å². The second kappa shape index (κ2) is 33.4. The van der Waals surface area contributed by atoms with Crippen molar-refractivity contribution in [2.45, 2.75) is 143 Å². The lowest BCUT2D eigenvalue weighted by Crippen LogP contribution is -2.52. The van der Waals surface area contributed by atoms with E-state index in [9.17, 15) is 36.0 Å². The molecule has 1 rings (SSSR count). The molecule has 3 unspecified atom stereocenters. The number of carbonyl (C=O) groups is 4. The normalized spacial score (nSPS) is 14.6. The summed E-state index contributed by atoms with van der Waals surface area (Å²) in [6, 6.07) is 9.48. The minimum Gasteiger partial charge on any atom is -0.356 e. The van der Waals surface area contributed by atoms with Gasteiger partial charge in [0.1, 0.15) is 19.7 Å². The second-order valence-corrected chi connectivity index (χ2v) is 32.0. The van der Waals surface area contributed by atoms with E-state index in [1.807, 2.05) is 78.8 Å². The molecule has 0 aliphatic rings. The molecule has 0 spiro atoms. The smallest absolute Gasteiger partial charge is 0.236 e. The Hall–Kier alpha value is -3.57. The lowest BCUT2D eigenvalue weighted by molar-refractivity contribution is -0.890. The minimum absolute atomic E-state index is 0. The quantitative estimate of drug-likeness (QED) is 0.0110. The van der Waals surface area contributed by atoms with Crippen molar-refractivity contribution in [3.63, 3.8) is 0 Å². The fraction of sp³-hybridized carbons (Fsp3) is 0.737. The van der Waals surface area contributed by atoms with E-state index in [0.717, 1.165) is 44.6 Å². The van der Waals surface area contributed by atoms with E-state index in [1.54, 1.807) is 19.9 Å².